The molecule has 0 spiro atoms. The summed E-state index contributed by atoms with van der Waals surface area (Å²) in [7, 11) is -2.98. The molecule has 0 radical (unpaired) electrons. The molecule has 0 saturated heterocycles. The van der Waals surface area contributed by atoms with Crippen LogP contribution in [0.2, 0.25) is 0 Å². The average molecular weight is 302 g/mol. The van der Waals surface area contributed by atoms with Gasteiger partial charge in [0, 0.05) is 23.4 Å². The maximum absolute atomic E-state index is 11.9. The first-order valence-electron chi connectivity index (χ1n) is 5.73. The maximum atomic E-state index is 11.9. The van der Waals surface area contributed by atoms with Gasteiger partial charge in [-0.25, -0.2) is 8.42 Å². The summed E-state index contributed by atoms with van der Waals surface area (Å²) >= 11 is 1.31. The molecule has 106 valence electrons. The third-order valence-electron chi connectivity index (χ3n) is 2.35. The minimum atomic E-state index is -2.98. The molecule has 0 saturated carbocycles. The van der Waals surface area contributed by atoms with Gasteiger partial charge in [0.05, 0.1) is 11.0 Å². The highest BCUT2D eigenvalue weighted by molar-refractivity contribution is 8.01. The number of amides is 1. The largest absolute Gasteiger partial charge is 0.399 e. The molecule has 0 heterocycles. The lowest BCUT2D eigenvalue weighted by atomic mass is 10.3. The molecule has 1 unspecified atom stereocenters. The van der Waals surface area contributed by atoms with Gasteiger partial charge in [-0.3, -0.25) is 4.79 Å². The van der Waals surface area contributed by atoms with E-state index in [9.17, 15) is 13.2 Å². The van der Waals surface area contributed by atoms with Crippen molar-refractivity contribution in [3.05, 3.63) is 24.3 Å². The van der Waals surface area contributed by atoms with E-state index in [2.05, 4.69) is 5.32 Å². The van der Waals surface area contributed by atoms with Gasteiger partial charge in [-0.2, -0.15) is 0 Å². The van der Waals surface area contributed by atoms with E-state index in [4.69, 9.17) is 5.73 Å². The van der Waals surface area contributed by atoms with Crippen LogP contribution in [0.15, 0.2) is 24.3 Å². The molecule has 0 aliphatic heterocycles. The first-order chi connectivity index (χ1) is 8.78. The fourth-order valence-corrected chi connectivity index (χ4v) is 3.47. The number of thioether (sulfide) groups is 1. The number of nitrogens with two attached hydrogens (primary N) is 1. The zero-order chi connectivity index (χ0) is 14.5. The molecular weight excluding hydrogens is 284 g/mol. The number of nitrogen functional groups attached to an aromatic ring is 1. The highest BCUT2D eigenvalue weighted by Gasteiger charge is 2.14. The van der Waals surface area contributed by atoms with E-state index in [1.807, 2.05) is 0 Å². The van der Waals surface area contributed by atoms with Gasteiger partial charge in [0.25, 0.3) is 0 Å². The third kappa shape index (κ3) is 6.49. The molecule has 19 heavy (non-hydrogen) atoms. The first-order valence-corrected chi connectivity index (χ1v) is 8.84. The quantitative estimate of drug-likeness (QED) is 0.775. The molecule has 0 fully saturated rings. The summed E-state index contributed by atoms with van der Waals surface area (Å²) < 4.78 is 22.0. The molecule has 3 N–H and O–H groups in total. The monoisotopic (exact) mass is 302 g/mol. The molecule has 0 bridgehead atoms. The van der Waals surface area contributed by atoms with Crippen molar-refractivity contribution in [3.8, 4) is 0 Å². The number of rotatable bonds is 6. The number of sulfone groups is 1. The first kappa shape index (κ1) is 15.8. The fraction of sp³-hybridized carbons (Fsp3) is 0.417. The van der Waals surface area contributed by atoms with Crippen LogP contribution in [0.25, 0.3) is 0 Å². The highest BCUT2D eigenvalue weighted by Crippen LogP contribution is 2.16. The van der Waals surface area contributed by atoms with E-state index in [0.29, 0.717) is 17.1 Å². The Hall–Kier alpha value is -1.21. The highest BCUT2D eigenvalue weighted by atomic mass is 32.2. The summed E-state index contributed by atoms with van der Waals surface area (Å²) in [6.07, 6.45) is 1.19. The van der Waals surface area contributed by atoms with Gasteiger partial charge in [-0.1, -0.05) is 6.07 Å². The summed E-state index contributed by atoms with van der Waals surface area (Å²) in [5.41, 5.74) is 6.83. The van der Waals surface area contributed by atoms with Crippen molar-refractivity contribution in [2.75, 3.05) is 28.8 Å². The van der Waals surface area contributed by atoms with Crippen LogP contribution in [0.1, 0.15) is 6.92 Å². The number of carbonyl (C=O) groups excluding carboxylic acids is 1. The molecule has 1 aromatic carbocycles. The van der Waals surface area contributed by atoms with Gasteiger partial charge in [-0.05, 0) is 25.1 Å². The number of anilines is 2. The van der Waals surface area contributed by atoms with Crippen molar-refractivity contribution in [1.82, 2.24) is 0 Å². The van der Waals surface area contributed by atoms with E-state index in [1.54, 1.807) is 31.2 Å². The second-order valence-electron chi connectivity index (χ2n) is 4.26. The molecule has 7 heteroatoms. The lowest BCUT2D eigenvalue weighted by Gasteiger charge is -2.12. The van der Waals surface area contributed by atoms with Gasteiger partial charge >= 0.3 is 0 Å². The van der Waals surface area contributed by atoms with Crippen molar-refractivity contribution < 1.29 is 13.2 Å². The van der Waals surface area contributed by atoms with Gasteiger partial charge in [-0.15, -0.1) is 11.8 Å². The Kier molecular flexibility index (Phi) is 5.68. The van der Waals surface area contributed by atoms with E-state index < -0.39 is 9.84 Å². The van der Waals surface area contributed by atoms with Crippen molar-refractivity contribution in [2.24, 2.45) is 0 Å². The zero-order valence-corrected chi connectivity index (χ0v) is 12.6. The second-order valence-corrected chi connectivity index (χ2v) is 7.97. The van der Waals surface area contributed by atoms with Gasteiger partial charge in [0.2, 0.25) is 5.91 Å². The molecule has 0 aliphatic carbocycles. The Morgan fingerprint density at radius 3 is 2.74 bits per heavy atom. The number of hydrogen-bond donors (Lipinski definition) is 2. The van der Waals surface area contributed by atoms with Crippen LogP contribution >= 0.6 is 11.8 Å². The number of benzene rings is 1. The predicted octanol–water partition coefficient (Wildman–Crippen LogP) is 1.37. The van der Waals surface area contributed by atoms with Crippen LogP contribution in [0.4, 0.5) is 11.4 Å². The average Bonchev–Trinajstić information content (AvgIpc) is 2.27. The molecule has 1 rings (SSSR count). The lowest BCUT2D eigenvalue weighted by molar-refractivity contribution is -0.115. The molecule has 1 aromatic rings. The fourth-order valence-electron chi connectivity index (χ4n) is 1.31. The van der Waals surface area contributed by atoms with E-state index in [-0.39, 0.29) is 16.9 Å². The van der Waals surface area contributed by atoms with Gasteiger partial charge in [0.15, 0.2) is 0 Å². The molecule has 5 nitrogen and oxygen atoms in total. The topological polar surface area (TPSA) is 89.3 Å². The van der Waals surface area contributed by atoms with E-state index in [0.717, 1.165) is 0 Å². The van der Waals surface area contributed by atoms with Crippen molar-refractivity contribution in [3.63, 3.8) is 0 Å². The SMILES string of the molecule is CC(SCCS(C)(=O)=O)C(=O)Nc1cccc(N)c1. The molecular formula is C12H18N2O3S2. The van der Waals surface area contributed by atoms with Crippen LogP contribution in [0.3, 0.4) is 0 Å². The second kappa shape index (κ2) is 6.81. The summed E-state index contributed by atoms with van der Waals surface area (Å²) in [5.74, 6) is 0.321. The van der Waals surface area contributed by atoms with Crippen molar-refractivity contribution in [2.45, 2.75) is 12.2 Å². The van der Waals surface area contributed by atoms with Gasteiger partial charge < -0.3 is 11.1 Å². The standard InChI is InChI=1S/C12H18N2O3S2/c1-9(18-6-7-19(2,16)17)12(15)14-11-5-3-4-10(13)8-11/h3-5,8-9H,6-7,13H2,1-2H3,(H,14,15). The third-order valence-corrected chi connectivity index (χ3v) is 4.70. The van der Waals surface area contributed by atoms with E-state index in [1.165, 1.54) is 18.0 Å². The number of carbonyl (C=O) groups is 1. The van der Waals surface area contributed by atoms with Crippen LogP contribution in [-0.2, 0) is 14.6 Å². The summed E-state index contributed by atoms with van der Waals surface area (Å²) in [4.78, 5) is 11.9. The number of hydrogen-bond acceptors (Lipinski definition) is 5. The molecule has 0 aromatic heterocycles. The summed E-state index contributed by atoms with van der Waals surface area (Å²) in [6.45, 7) is 1.74. The van der Waals surface area contributed by atoms with Crippen molar-refractivity contribution >= 4 is 38.9 Å². The van der Waals surface area contributed by atoms with Crippen LogP contribution in [0.5, 0.6) is 0 Å². The van der Waals surface area contributed by atoms with Crippen molar-refractivity contribution in [1.29, 1.82) is 0 Å². The Bertz CT molecular complexity index is 544. The van der Waals surface area contributed by atoms with Gasteiger partial charge in [0.1, 0.15) is 9.84 Å². The summed E-state index contributed by atoms with van der Waals surface area (Å²) in [5, 5.41) is 2.42. The molecule has 1 amide bonds. The molecule has 0 aliphatic rings. The lowest BCUT2D eigenvalue weighted by Crippen LogP contribution is -2.23. The normalized spacial score (nSPS) is 12.9. The predicted molar refractivity (Wildman–Crippen MR) is 81.1 cm³/mol. The minimum absolute atomic E-state index is 0.0770. The minimum Gasteiger partial charge on any atom is -0.399 e. The van der Waals surface area contributed by atoms with Crippen LogP contribution < -0.4 is 11.1 Å². The Balaban J connectivity index is 2.45. The maximum Gasteiger partial charge on any atom is 0.237 e. The number of nitrogens with one attached hydrogen (secondary N) is 1. The Morgan fingerprint density at radius 1 is 1.47 bits per heavy atom. The Morgan fingerprint density at radius 2 is 2.16 bits per heavy atom. The van der Waals surface area contributed by atoms with Crippen LogP contribution in [0, 0.1) is 0 Å². The molecule has 1 atom stereocenters. The Labute approximate surface area is 117 Å². The summed E-state index contributed by atoms with van der Waals surface area (Å²) in [6, 6.07) is 6.92. The zero-order valence-electron chi connectivity index (χ0n) is 10.9. The van der Waals surface area contributed by atoms with Crippen LogP contribution in [-0.4, -0.2) is 37.3 Å². The van der Waals surface area contributed by atoms with E-state index >= 15 is 0 Å². The smallest absolute Gasteiger partial charge is 0.237 e.